The van der Waals surface area contributed by atoms with Crippen molar-refractivity contribution in [2.24, 2.45) is 11.7 Å². The van der Waals surface area contributed by atoms with Crippen LogP contribution in [0.3, 0.4) is 0 Å². The number of primary amides is 1. The summed E-state index contributed by atoms with van der Waals surface area (Å²) in [5, 5.41) is 3.05. The molecule has 6 nitrogen and oxygen atoms in total. The van der Waals surface area contributed by atoms with Crippen LogP contribution in [0.1, 0.15) is 32.4 Å². The van der Waals surface area contributed by atoms with E-state index >= 15 is 0 Å². The number of sulfonamides is 1. The molecule has 0 aliphatic heterocycles. The van der Waals surface area contributed by atoms with E-state index in [1.807, 2.05) is 13.0 Å². The van der Waals surface area contributed by atoms with Gasteiger partial charge in [0, 0.05) is 6.04 Å². The van der Waals surface area contributed by atoms with Crippen LogP contribution in [0.5, 0.6) is 0 Å². The zero-order chi connectivity index (χ0) is 16.2. The topological polar surface area (TPSA) is 101 Å². The predicted octanol–water partition coefficient (Wildman–Crippen LogP) is 0.755. The van der Waals surface area contributed by atoms with Crippen molar-refractivity contribution in [1.29, 1.82) is 0 Å². The van der Waals surface area contributed by atoms with Crippen molar-refractivity contribution in [3.05, 3.63) is 29.8 Å². The number of hydrogen-bond donors (Lipinski definition) is 3. The largest absolute Gasteiger partial charge is 0.368 e. The number of nitrogens with two attached hydrogens (primary N) is 1. The molecule has 0 bridgehead atoms. The van der Waals surface area contributed by atoms with Gasteiger partial charge in [0.1, 0.15) is 6.04 Å². The van der Waals surface area contributed by atoms with Gasteiger partial charge in [0.15, 0.2) is 0 Å². The first-order valence-corrected chi connectivity index (χ1v) is 8.26. The Morgan fingerprint density at radius 3 is 2.33 bits per heavy atom. The van der Waals surface area contributed by atoms with Crippen LogP contribution in [0.4, 0.5) is 0 Å². The molecule has 118 valence electrons. The number of carbonyl (C=O) groups is 1. The summed E-state index contributed by atoms with van der Waals surface area (Å²) in [7, 11) is -1.99. The van der Waals surface area contributed by atoms with E-state index < -0.39 is 22.0 Å². The highest BCUT2D eigenvalue weighted by Crippen LogP contribution is 2.18. The van der Waals surface area contributed by atoms with Crippen molar-refractivity contribution >= 4 is 15.9 Å². The molecule has 0 radical (unpaired) electrons. The first kappa shape index (κ1) is 17.6. The monoisotopic (exact) mass is 313 g/mol. The second-order valence-corrected chi connectivity index (χ2v) is 7.04. The van der Waals surface area contributed by atoms with E-state index in [0.29, 0.717) is 0 Å². The molecule has 1 aromatic rings. The molecule has 0 spiro atoms. The maximum Gasteiger partial charge on any atom is 0.241 e. The third kappa shape index (κ3) is 4.52. The normalized spacial score (nSPS) is 14.9. The van der Waals surface area contributed by atoms with Gasteiger partial charge in [0.25, 0.3) is 0 Å². The van der Waals surface area contributed by atoms with Gasteiger partial charge in [0.2, 0.25) is 15.9 Å². The Hall–Kier alpha value is -1.44. The van der Waals surface area contributed by atoms with Gasteiger partial charge in [-0.1, -0.05) is 26.0 Å². The van der Waals surface area contributed by atoms with Gasteiger partial charge in [-0.15, -0.1) is 0 Å². The Morgan fingerprint density at radius 2 is 1.86 bits per heavy atom. The molecule has 0 saturated heterocycles. The fourth-order valence-electron chi connectivity index (χ4n) is 1.88. The minimum atomic E-state index is -3.79. The second-order valence-electron chi connectivity index (χ2n) is 5.33. The summed E-state index contributed by atoms with van der Waals surface area (Å²) in [5.41, 5.74) is 6.09. The number of benzene rings is 1. The molecule has 2 atom stereocenters. The summed E-state index contributed by atoms with van der Waals surface area (Å²) >= 11 is 0. The molecule has 0 aliphatic rings. The fraction of sp³-hybridized carbons (Fsp3) is 0.500. The molecule has 0 heterocycles. The van der Waals surface area contributed by atoms with Crippen LogP contribution >= 0.6 is 0 Å². The predicted molar refractivity (Wildman–Crippen MR) is 82.1 cm³/mol. The standard InChI is InChI=1S/C14H23N3O3S/c1-9(2)13(14(15)18)17-21(19,20)12-7-5-6-11(8-12)10(3)16-4/h5-10,13,16-17H,1-4H3,(H2,15,18). The Kier molecular flexibility index (Phi) is 5.88. The molecule has 0 aromatic heterocycles. The molecule has 0 fully saturated rings. The Labute approximate surface area is 126 Å². The average molecular weight is 313 g/mol. The lowest BCUT2D eigenvalue weighted by Crippen LogP contribution is -2.47. The molecule has 4 N–H and O–H groups in total. The molecule has 0 aliphatic carbocycles. The van der Waals surface area contributed by atoms with E-state index in [1.165, 1.54) is 6.07 Å². The maximum atomic E-state index is 12.4. The van der Waals surface area contributed by atoms with E-state index in [2.05, 4.69) is 10.0 Å². The smallest absolute Gasteiger partial charge is 0.241 e. The van der Waals surface area contributed by atoms with E-state index in [1.54, 1.807) is 33.0 Å². The number of amides is 1. The van der Waals surface area contributed by atoms with Crippen molar-refractivity contribution in [2.45, 2.75) is 37.8 Å². The molecular weight excluding hydrogens is 290 g/mol. The number of hydrogen-bond acceptors (Lipinski definition) is 4. The lowest BCUT2D eigenvalue weighted by Gasteiger charge is -2.19. The van der Waals surface area contributed by atoms with E-state index in [-0.39, 0.29) is 16.9 Å². The van der Waals surface area contributed by atoms with Crippen LogP contribution in [0.2, 0.25) is 0 Å². The van der Waals surface area contributed by atoms with Crippen molar-refractivity contribution in [3.8, 4) is 0 Å². The number of rotatable bonds is 7. The van der Waals surface area contributed by atoms with Gasteiger partial charge < -0.3 is 11.1 Å². The van der Waals surface area contributed by atoms with E-state index in [4.69, 9.17) is 5.73 Å². The number of carbonyl (C=O) groups excluding carboxylic acids is 1. The van der Waals surface area contributed by atoms with Gasteiger partial charge >= 0.3 is 0 Å². The fourth-order valence-corrected chi connectivity index (χ4v) is 3.28. The van der Waals surface area contributed by atoms with Crippen molar-refractivity contribution < 1.29 is 13.2 Å². The van der Waals surface area contributed by atoms with E-state index in [9.17, 15) is 13.2 Å². The van der Waals surface area contributed by atoms with Crippen molar-refractivity contribution in [2.75, 3.05) is 7.05 Å². The van der Waals surface area contributed by atoms with Crippen LogP contribution in [-0.4, -0.2) is 27.4 Å². The van der Waals surface area contributed by atoms with Gasteiger partial charge in [-0.3, -0.25) is 4.79 Å². The summed E-state index contributed by atoms with van der Waals surface area (Å²) in [6.45, 7) is 5.40. The summed E-state index contributed by atoms with van der Waals surface area (Å²) in [5.74, 6) is -0.912. The molecular formula is C14H23N3O3S. The van der Waals surface area contributed by atoms with Gasteiger partial charge in [-0.2, -0.15) is 4.72 Å². The average Bonchev–Trinajstić information content (AvgIpc) is 2.43. The zero-order valence-corrected chi connectivity index (χ0v) is 13.6. The van der Waals surface area contributed by atoms with E-state index in [0.717, 1.165) is 5.56 Å². The Bertz CT molecular complexity index is 599. The van der Waals surface area contributed by atoms with Gasteiger partial charge in [0.05, 0.1) is 4.90 Å². The third-order valence-corrected chi connectivity index (χ3v) is 4.80. The highest BCUT2D eigenvalue weighted by molar-refractivity contribution is 7.89. The first-order valence-electron chi connectivity index (χ1n) is 6.78. The quantitative estimate of drug-likeness (QED) is 0.691. The highest BCUT2D eigenvalue weighted by atomic mass is 32.2. The summed E-state index contributed by atoms with van der Waals surface area (Å²) in [4.78, 5) is 11.5. The van der Waals surface area contributed by atoms with Crippen LogP contribution in [0, 0.1) is 5.92 Å². The third-order valence-electron chi connectivity index (χ3n) is 3.36. The van der Waals surface area contributed by atoms with Crippen LogP contribution in [-0.2, 0) is 14.8 Å². The molecule has 1 rings (SSSR count). The minimum absolute atomic E-state index is 0.0252. The van der Waals surface area contributed by atoms with Crippen molar-refractivity contribution in [1.82, 2.24) is 10.0 Å². The highest BCUT2D eigenvalue weighted by Gasteiger charge is 2.26. The SMILES string of the molecule is CNC(C)c1cccc(S(=O)(=O)NC(C(N)=O)C(C)C)c1. The molecule has 0 saturated carbocycles. The maximum absolute atomic E-state index is 12.4. The molecule has 21 heavy (non-hydrogen) atoms. The minimum Gasteiger partial charge on any atom is -0.368 e. The second kappa shape index (κ2) is 7.02. The molecule has 1 aromatic carbocycles. The summed E-state index contributed by atoms with van der Waals surface area (Å²) in [6, 6.07) is 5.69. The molecule has 7 heteroatoms. The Morgan fingerprint density at radius 1 is 1.24 bits per heavy atom. The number of nitrogens with one attached hydrogen (secondary N) is 2. The summed E-state index contributed by atoms with van der Waals surface area (Å²) in [6.07, 6.45) is 0. The summed E-state index contributed by atoms with van der Waals surface area (Å²) < 4.78 is 27.1. The zero-order valence-electron chi connectivity index (χ0n) is 12.8. The van der Waals surface area contributed by atoms with Crippen LogP contribution in [0.15, 0.2) is 29.2 Å². The van der Waals surface area contributed by atoms with Gasteiger partial charge in [-0.05, 0) is 37.6 Å². The molecule has 1 amide bonds. The first-order chi connectivity index (χ1) is 9.69. The van der Waals surface area contributed by atoms with Gasteiger partial charge in [-0.25, -0.2) is 8.42 Å². The lowest BCUT2D eigenvalue weighted by molar-refractivity contribution is -0.120. The Balaban J connectivity index is 3.10. The lowest BCUT2D eigenvalue weighted by atomic mass is 10.1. The van der Waals surface area contributed by atoms with Crippen LogP contribution < -0.4 is 15.8 Å². The molecule has 2 unspecified atom stereocenters. The van der Waals surface area contributed by atoms with Crippen LogP contribution in [0.25, 0.3) is 0 Å². The van der Waals surface area contributed by atoms with Crippen molar-refractivity contribution in [3.63, 3.8) is 0 Å².